The maximum Gasteiger partial charge on any atom is 0.194 e. The van der Waals surface area contributed by atoms with Crippen LogP contribution in [0.25, 0.3) is 0 Å². The molecule has 1 aromatic rings. The second kappa shape index (κ2) is 4.18. The lowest BCUT2D eigenvalue weighted by atomic mass is 9.92. The second-order valence-electron chi connectivity index (χ2n) is 3.25. The number of hydrogen-bond acceptors (Lipinski definition) is 1. The summed E-state index contributed by atoms with van der Waals surface area (Å²) in [5, 5.41) is 0. The van der Waals surface area contributed by atoms with E-state index < -0.39 is 35.2 Å². The van der Waals surface area contributed by atoms with Crippen LogP contribution in [-0.2, 0) is 5.67 Å². The van der Waals surface area contributed by atoms with Gasteiger partial charge >= 0.3 is 0 Å². The van der Waals surface area contributed by atoms with Crippen molar-refractivity contribution in [2.75, 3.05) is 6.54 Å². The molecule has 0 aromatic heterocycles. The predicted octanol–water partition coefficient (Wildman–Crippen LogP) is 2.64. The van der Waals surface area contributed by atoms with Gasteiger partial charge in [0.25, 0.3) is 0 Å². The summed E-state index contributed by atoms with van der Waals surface area (Å²) in [4.78, 5) is 0. The molecule has 0 spiro atoms. The normalized spacial score (nSPS) is 15.1. The van der Waals surface area contributed by atoms with E-state index in [-0.39, 0.29) is 6.42 Å². The third-order valence-corrected chi connectivity index (χ3v) is 2.40. The highest BCUT2D eigenvalue weighted by atomic mass is 19.2. The molecule has 15 heavy (non-hydrogen) atoms. The van der Waals surface area contributed by atoms with Crippen LogP contribution in [0.1, 0.15) is 18.9 Å². The van der Waals surface area contributed by atoms with Gasteiger partial charge in [-0.2, -0.15) is 0 Å². The first kappa shape index (κ1) is 12.0. The number of halogens is 4. The van der Waals surface area contributed by atoms with E-state index in [9.17, 15) is 17.6 Å². The molecule has 0 aliphatic heterocycles. The molecule has 0 heterocycles. The first-order valence-electron chi connectivity index (χ1n) is 4.49. The van der Waals surface area contributed by atoms with Crippen molar-refractivity contribution in [3.8, 4) is 0 Å². The summed E-state index contributed by atoms with van der Waals surface area (Å²) in [5.74, 6) is -4.52. The Morgan fingerprint density at radius 3 is 2.27 bits per heavy atom. The fourth-order valence-corrected chi connectivity index (χ4v) is 1.32. The van der Waals surface area contributed by atoms with Gasteiger partial charge in [0.2, 0.25) is 0 Å². The van der Waals surface area contributed by atoms with Gasteiger partial charge in [0.1, 0.15) is 0 Å². The molecule has 0 bridgehead atoms. The van der Waals surface area contributed by atoms with Gasteiger partial charge in [-0.05, 0) is 18.6 Å². The van der Waals surface area contributed by atoms with Crippen LogP contribution < -0.4 is 5.73 Å². The Labute approximate surface area is 84.9 Å². The smallest absolute Gasteiger partial charge is 0.194 e. The molecule has 1 nitrogen and oxygen atoms in total. The predicted molar refractivity (Wildman–Crippen MR) is 48.4 cm³/mol. The van der Waals surface area contributed by atoms with Crippen molar-refractivity contribution in [1.82, 2.24) is 0 Å². The molecule has 1 atom stereocenters. The molecule has 1 aromatic carbocycles. The van der Waals surface area contributed by atoms with Crippen molar-refractivity contribution in [3.63, 3.8) is 0 Å². The fraction of sp³-hybridized carbons (Fsp3) is 0.400. The van der Waals surface area contributed by atoms with E-state index in [0.717, 1.165) is 6.07 Å². The molecule has 0 saturated heterocycles. The molecule has 0 fully saturated rings. The lowest BCUT2D eigenvalue weighted by molar-refractivity contribution is 0.160. The summed E-state index contributed by atoms with van der Waals surface area (Å²) in [6.45, 7) is 0.971. The maximum atomic E-state index is 13.9. The van der Waals surface area contributed by atoms with Crippen LogP contribution >= 0.6 is 0 Å². The van der Waals surface area contributed by atoms with Crippen molar-refractivity contribution in [2.24, 2.45) is 5.73 Å². The Bertz CT molecular complexity index is 361. The van der Waals surface area contributed by atoms with Gasteiger partial charge in [-0.1, -0.05) is 6.92 Å². The molecule has 0 amide bonds. The van der Waals surface area contributed by atoms with E-state index in [1.165, 1.54) is 6.92 Å². The zero-order valence-corrected chi connectivity index (χ0v) is 8.16. The third-order valence-electron chi connectivity index (χ3n) is 2.40. The lowest BCUT2D eigenvalue weighted by Crippen LogP contribution is -2.31. The average molecular weight is 221 g/mol. The molecule has 1 unspecified atom stereocenters. The summed E-state index contributed by atoms with van der Waals surface area (Å²) in [6.07, 6.45) is -0.106. The van der Waals surface area contributed by atoms with E-state index in [1.54, 1.807) is 0 Å². The maximum absolute atomic E-state index is 13.9. The van der Waals surface area contributed by atoms with Crippen molar-refractivity contribution >= 4 is 0 Å². The van der Waals surface area contributed by atoms with Crippen molar-refractivity contribution in [1.29, 1.82) is 0 Å². The summed E-state index contributed by atoms with van der Waals surface area (Å²) in [7, 11) is 0. The van der Waals surface area contributed by atoms with Gasteiger partial charge < -0.3 is 5.73 Å². The first-order valence-corrected chi connectivity index (χ1v) is 4.49. The van der Waals surface area contributed by atoms with Crippen molar-refractivity contribution in [3.05, 3.63) is 35.1 Å². The number of hydrogen-bond donors (Lipinski definition) is 1. The number of nitrogens with two attached hydrogens (primary N) is 1. The van der Waals surface area contributed by atoms with Crippen LogP contribution in [0.4, 0.5) is 17.6 Å². The van der Waals surface area contributed by atoms with Crippen LogP contribution in [0.3, 0.4) is 0 Å². The van der Waals surface area contributed by atoms with Crippen molar-refractivity contribution in [2.45, 2.75) is 19.0 Å². The van der Waals surface area contributed by atoms with Gasteiger partial charge in [-0.3, -0.25) is 0 Å². The minimum atomic E-state index is -2.15. The molecule has 5 heteroatoms. The Morgan fingerprint density at radius 2 is 1.80 bits per heavy atom. The summed E-state index contributed by atoms with van der Waals surface area (Å²) < 4.78 is 52.5. The van der Waals surface area contributed by atoms with Crippen molar-refractivity contribution < 1.29 is 17.6 Å². The van der Waals surface area contributed by atoms with Gasteiger partial charge in [-0.25, -0.2) is 17.6 Å². The molecule has 2 N–H and O–H groups in total. The van der Waals surface area contributed by atoms with Crippen LogP contribution in [0.2, 0.25) is 0 Å². The van der Waals surface area contributed by atoms with Gasteiger partial charge in [0.05, 0.1) is 0 Å². The Balaban J connectivity index is 3.32. The van der Waals surface area contributed by atoms with Crippen LogP contribution in [-0.4, -0.2) is 6.54 Å². The summed E-state index contributed by atoms with van der Waals surface area (Å²) >= 11 is 0. The fourth-order valence-electron chi connectivity index (χ4n) is 1.32. The topological polar surface area (TPSA) is 26.0 Å². The van der Waals surface area contributed by atoms with Gasteiger partial charge in [0.15, 0.2) is 23.1 Å². The Kier molecular flexibility index (Phi) is 3.34. The quantitative estimate of drug-likeness (QED) is 0.616. The molecular weight excluding hydrogens is 210 g/mol. The van der Waals surface area contributed by atoms with Crippen LogP contribution in [0.5, 0.6) is 0 Å². The van der Waals surface area contributed by atoms with Crippen LogP contribution in [0, 0.1) is 17.5 Å². The van der Waals surface area contributed by atoms with E-state index in [1.807, 2.05) is 0 Å². The first-order chi connectivity index (χ1) is 6.96. The molecule has 0 radical (unpaired) electrons. The van der Waals surface area contributed by atoms with Crippen LogP contribution in [0.15, 0.2) is 12.1 Å². The minimum Gasteiger partial charge on any atom is -0.327 e. The highest BCUT2D eigenvalue weighted by molar-refractivity contribution is 5.26. The van der Waals surface area contributed by atoms with E-state index in [4.69, 9.17) is 5.73 Å². The van der Waals surface area contributed by atoms with E-state index in [0.29, 0.717) is 6.07 Å². The number of rotatable bonds is 3. The Morgan fingerprint density at radius 1 is 1.20 bits per heavy atom. The molecule has 1 rings (SSSR count). The molecule has 0 aliphatic rings. The van der Waals surface area contributed by atoms with Gasteiger partial charge in [-0.15, -0.1) is 0 Å². The lowest BCUT2D eigenvalue weighted by Gasteiger charge is -2.22. The van der Waals surface area contributed by atoms with Gasteiger partial charge in [0, 0.05) is 12.1 Å². The number of alkyl halides is 1. The van der Waals surface area contributed by atoms with E-state index >= 15 is 0 Å². The highest BCUT2D eigenvalue weighted by Gasteiger charge is 2.33. The minimum absolute atomic E-state index is 0.106. The largest absolute Gasteiger partial charge is 0.327 e. The zero-order chi connectivity index (χ0) is 11.6. The SMILES string of the molecule is CCC(F)(CN)c1ccc(F)c(F)c1F. The molecular formula is C10H11F4N. The second-order valence-corrected chi connectivity index (χ2v) is 3.25. The zero-order valence-electron chi connectivity index (χ0n) is 8.16. The standard InChI is InChI=1S/C10H11F4N/c1-2-10(14,5-15)6-3-4-7(11)9(13)8(6)12/h3-4H,2,5,15H2,1H3. The third kappa shape index (κ3) is 1.97. The average Bonchev–Trinajstić information content (AvgIpc) is 2.25. The highest BCUT2D eigenvalue weighted by Crippen LogP contribution is 2.32. The molecule has 0 saturated carbocycles. The molecule has 0 aliphatic carbocycles. The summed E-state index contributed by atoms with van der Waals surface area (Å²) in [6, 6.07) is 1.57. The number of benzene rings is 1. The monoisotopic (exact) mass is 221 g/mol. The Hall–Kier alpha value is -1.10. The summed E-state index contributed by atoms with van der Waals surface area (Å²) in [5.41, 5.74) is 2.46. The van der Waals surface area contributed by atoms with E-state index in [2.05, 4.69) is 0 Å². The molecule has 84 valence electrons.